The van der Waals surface area contributed by atoms with Gasteiger partial charge in [0.2, 0.25) is 12.1 Å². The van der Waals surface area contributed by atoms with Gasteiger partial charge in [0.15, 0.2) is 0 Å². The van der Waals surface area contributed by atoms with E-state index in [4.69, 9.17) is 10.2 Å². The quantitative estimate of drug-likeness (QED) is 0.394. The highest BCUT2D eigenvalue weighted by Crippen LogP contribution is 1.95. The van der Waals surface area contributed by atoms with Crippen LogP contribution < -0.4 is 5.32 Å². The number of carbonyl (C=O) groups excluding carboxylic acids is 1. The molecule has 1 amide bonds. The van der Waals surface area contributed by atoms with Crippen LogP contribution in [0.3, 0.4) is 0 Å². The van der Waals surface area contributed by atoms with Gasteiger partial charge in [-0.15, -0.1) is 0 Å². The molecule has 0 aliphatic carbocycles. The third-order valence-electron chi connectivity index (χ3n) is 1.25. The normalized spacial score (nSPS) is 11.8. The lowest BCUT2D eigenvalue weighted by atomic mass is 10.2. The van der Waals surface area contributed by atoms with Crippen LogP contribution >= 0.6 is 0 Å². The van der Waals surface area contributed by atoms with E-state index >= 15 is 0 Å². The molecule has 1 atom stereocenters. The molecule has 0 spiro atoms. The van der Waals surface area contributed by atoms with Gasteiger partial charge < -0.3 is 15.5 Å². The largest absolute Gasteiger partial charge is 0.478 e. The van der Waals surface area contributed by atoms with Crippen molar-refractivity contribution in [3.63, 3.8) is 0 Å². The molecule has 12 heavy (non-hydrogen) atoms. The molecule has 0 heterocycles. The lowest BCUT2D eigenvalue weighted by molar-refractivity contribution is -0.150. The van der Waals surface area contributed by atoms with Gasteiger partial charge in [-0.05, 0) is 6.42 Å². The van der Waals surface area contributed by atoms with Crippen molar-refractivity contribution in [1.82, 2.24) is 5.32 Å². The lowest BCUT2D eigenvalue weighted by Crippen LogP contribution is -2.40. The predicted octanol–water partition coefficient (Wildman–Crippen LogP) is -0.528. The highest BCUT2D eigenvalue weighted by atomic mass is 16.4. The zero-order valence-corrected chi connectivity index (χ0v) is 6.70. The van der Waals surface area contributed by atoms with E-state index in [1.54, 1.807) is 6.92 Å². The van der Waals surface area contributed by atoms with E-state index in [1.165, 1.54) is 0 Å². The number of carboxylic acids is 1. The Hall–Kier alpha value is -1.36. The predicted molar refractivity (Wildman–Crippen MR) is 41.2 cm³/mol. The van der Waals surface area contributed by atoms with Gasteiger partial charge in [-0.2, -0.15) is 0 Å². The maximum Gasteiger partial charge on any atom is 0.353 e. The van der Waals surface area contributed by atoms with Gasteiger partial charge in [0, 0.05) is 5.57 Å². The Morgan fingerprint density at radius 2 is 2.08 bits per heavy atom. The summed E-state index contributed by atoms with van der Waals surface area (Å²) in [4.78, 5) is 20.9. The monoisotopic (exact) mass is 173 g/mol. The maximum atomic E-state index is 10.9. The van der Waals surface area contributed by atoms with E-state index in [2.05, 4.69) is 6.58 Å². The number of aliphatic hydroxyl groups excluding tert-OH is 1. The fourth-order valence-electron chi connectivity index (χ4n) is 0.449. The van der Waals surface area contributed by atoms with Crippen molar-refractivity contribution in [3.05, 3.63) is 12.2 Å². The van der Waals surface area contributed by atoms with Crippen molar-refractivity contribution >= 4 is 11.9 Å². The molecule has 0 rings (SSSR count). The maximum absolute atomic E-state index is 10.9. The molecular weight excluding hydrogens is 162 g/mol. The molecule has 0 aromatic heterocycles. The molecule has 0 aliphatic heterocycles. The van der Waals surface area contributed by atoms with E-state index in [-0.39, 0.29) is 5.57 Å². The summed E-state index contributed by atoms with van der Waals surface area (Å²) in [6.07, 6.45) is -1.45. The third-order valence-corrected chi connectivity index (χ3v) is 1.25. The molecule has 0 bridgehead atoms. The van der Waals surface area contributed by atoms with Gasteiger partial charge >= 0.3 is 5.97 Å². The van der Waals surface area contributed by atoms with Crippen LogP contribution in [0.25, 0.3) is 0 Å². The van der Waals surface area contributed by atoms with Crippen molar-refractivity contribution in [2.45, 2.75) is 19.6 Å². The zero-order chi connectivity index (χ0) is 9.72. The van der Waals surface area contributed by atoms with E-state index in [0.717, 1.165) is 0 Å². The smallest absolute Gasteiger partial charge is 0.353 e. The Kier molecular flexibility index (Phi) is 3.99. The number of carbonyl (C=O) groups is 2. The molecular formula is C7H11NO4. The fourth-order valence-corrected chi connectivity index (χ4v) is 0.449. The first-order chi connectivity index (χ1) is 5.49. The van der Waals surface area contributed by atoms with E-state index in [0.29, 0.717) is 6.42 Å². The van der Waals surface area contributed by atoms with E-state index in [9.17, 15) is 9.59 Å². The SMILES string of the molecule is C=C(CC)C(=O)NC(O)C(=O)O. The average molecular weight is 173 g/mol. The third kappa shape index (κ3) is 3.16. The second-order valence-electron chi connectivity index (χ2n) is 2.17. The first-order valence-electron chi connectivity index (χ1n) is 3.38. The Bertz CT molecular complexity index is 211. The highest BCUT2D eigenvalue weighted by Gasteiger charge is 2.16. The number of amides is 1. The molecule has 0 aromatic rings. The first kappa shape index (κ1) is 10.6. The molecule has 0 radical (unpaired) electrons. The highest BCUT2D eigenvalue weighted by molar-refractivity contribution is 5.94. The van der Waals surface area contributed by atoms with Gasteiger partial charge in [0.25, 0.3) is 0 Å². The summed E-state index contributed by atoms with van der Waals surface area (Å²) in [6, 6.07) is 0. The van der Waals surface area contributed by atoms with E-state index in [1.807, 2.05) is 5.32 Å². The van der Waals surface area contributed by atoms with Crippen LogP contribution in [0, 0.1) is 0 Å². The minimum atomic E-state index is -1.86. The average Bonchev–Trinajstić information content (AvgIpc) is 2.02. The molecule has 0 aliphatic rings. The van der Waals surface area contributed by atoms with Crippen LogP contribution in [-0.4, -0.2) is 28.3 Å². The van der Waals surface area contributed by atoms with Crippen LogP contribution in [0.2, 0.25) is 0 Å². The topological polar surface area (TPSA) is 86.6 Å². The molecule has 0 saturated carbocycles. The van der Waals surface area contributed by atoms with Crippen molar-refractivity contribution < 1.29 is 19.8 Å². The van der Waals surface area contributed by atoms with E-state index < -0.39 is 18.1 Å². The number of aliphatic hydroxyl groups is 1. The Balaban J connectivity index is 4.01. The molecule has 0 saturated heterocycles. The summed E-state index contributed by atoms with van der Waals surface area (Å²) in [7, 11) is 0. The molecule has 0 fully saturated rings. The van der Waals surface area contributed by atoms with Crippen LogP contribution in [0.15, 0.2) is 12.2 Å². The summed E-state index contributed by atoms with van der Waals surface area (Å²) < 4.78 is 0. The van der Waals surface area contributed by atoms with Crippen LogP contribution in [0.4, 0.5) is 0 Å². The summed E-state index contributed by atoms with van der Waals surface area (Å²) in [5.74, 6) is -2.14. The molecule has 1 unspecified atom stereocenters. The van der Waals surface area contributed by atoms with Gasteiger partial charge in [-0.1, -0.05) is 13.5 Å². The fraction of sp³-hybridized carbons (Fsp3) is 0.429. The van der Waals surface area contributed by atoms with Crippen molar-refractivity contribution in [2.75, 3.05) is 0 Å². The number of aliphatic carboxylic acids is 1. The number of carboxylic acid groups (broad SMARTS) is 1. The number of hydrogen-bond donors (Lipinski definition) is 3. The Morgan fingerprint density at radius 1 is 1.58 bits per heavy atom. The van der Waals surface area contributed by atoms with Gasteiger partial charge in [-0.3, -0.25) is 4.79 Å². The molecule has 68 valence electrons. The number of rotatable bonds is 4. The van der Waals surface area contributed by atoms with Crippen molar-refractivity contribution in [3.8, 4) is 0 Å². The Labute approximate surface area is 69.7 Å². The minimum absolute atomic E-state index is 0.232. The number of nitrogens with one attached hydrogen (secondary N) is 1. The van der Waals surface area contributed by atoms with Gasteiger partial charge in [0.1, 0.15) is 0 Å². The van der Waals surface area contributed by atoms with Gasteiger partial charge in [0.05, 0.1) is 0 Å². The summed E-state index contributed by atoms with van der Waals surface area (Å²) in [6.45, 7) is 5.07. The molecule has 5 nitrogen and oxygen atoms in total. The van der Waals surface area contributed by atoms with Crippen LogP contribution in [0.5, 0.6) is 0 Å². The Morgan fingerprint density at radius 3 is 2.42 bits per heavy atom. The van der Waals surface area contributed by atoms with Crippen LogP contribution in [0.1, 0.15) is 13.3 Å². The first-order valence-corrected chi connectivity index (χ1v) is 3.38. The summed E-state index contributed by atoms with van der Waals surface area (Å²) in [5.41, 5.74) is 0.232. The molecule has 3 N–H and O–H groups in total. The summed E-state index contributed by atoms with van der Waals surface area (Å²) >= 11 is 0. The molecule has 5 heteroatoms. The van der Waals surface area contributed by atoms with Gasteiger partial charge in [-0.25, -0.2) is 4.79 Å². The van der Waals surface area contributed by atoms with Crippen molar-refractivity contribution in [1.29, 1.82) is 0 Å². The molecule has 0 aromatic carbocycles. The zero-order valence-electron chi connectivity index (χ0n) is 6.70. The summed E-state index contributed by atoms with van der Waals surface area (Å²) in [5, 5.41) is 18.7. The standard InChI is InChI=1S/C7H11NO4/c1-3-4(2)5(9)8-6(10)7(11)12/h6,10H,2-3H2,1H3,(H,8,9)(H,11,12). The second-order valence-corrected chi connectivity index (χ2v) is 2.17. The van der Waals surface area contributed by atoms with Crippen LogP contribution in [-0.2, 0) is 9.59 Å². The van der Waals surface area contributed by atoms with Crippen molar-refractivity contribution in [2.24, 2.45) is 0 Å². The lowest BCUT2D eigenvalue weighted by Gasteiger charge is -2.08. The number of hydrogen-bond acceptors (Lipinski definition) is 3. The second kappa shape index (κ2) is 4.50. The minimum Gasteiger partial charge on any atom is -0.478 e.